The van der Waals surface area contributed by atoms with Gasteiger partial charge in [0, 0.05) is 11.1 Å². The Labute approximate surface area is 109 Å². The van der Waals surface area contributed by atoms with E-state index in [0.717, 1.165) is 17.6 Å². The normalized spacial score (nSPS) is 13.3. The predicted octanol–water partition coefficient (Wildman–Crippen LogP) is 3.50. The summed E-state index contributed by atoms with van der Waals surface area (Å²) in [5, 5.41) is 1.15. The zero-order valence-electron chi connectivity index (χ0n) is 9.60. The molecule has 0 saturated heterocycles. The highest BCUT2D eigenvalue weighted by Crippen LogP contribution is 2.37. The van der Waals surface area contributed by atoms with E-state index in [2.05, 4.69) is 14.1 Å². The van der Waals surface area contributed by atoms with Crippen LogP contribution >= 0.6 is 11.3 Å². The lowest BCUT2D eigenvalue weighted by molar-refractivity contribution is -0.207. The van der Waals surface area contributed by atoms with E-state index in [9.17, 15) is 18.0 Å². The van der Waals surface area contributed by atoms with Crippen molar-refractivity contribution in [1.29, 1.82) is 0 Å². The Morgan fingerprint density at radius 1 is 1.53 bits per heavy atom. The van der Waals surface area contributed by atoms with Gasteiger partial charge >= 0.3 is 12.1 Å². The van der Waals surface area contributed by atoms with E-state index in [1.165, 1.54) is 17.7 Å². The lowest BCUT2D eigenvalue weighted by Crippen LogP contribution is -2.26. The summed E-state index contributed by atoms with van der Waals surface area (Å²) in [6.45, 7) is 1.56. The molecule has 1 atom stereocenters. The van der Waals surface area contributed by atoms with Crippen LogP contribution in [0, 0.1) is 6.92 Å². The third-order valence-electron chi connectivity index (χ3n) is 2.14. The Morgan fingerprint density at radius 2 is 2.26 bits per heavy atom. The van der Waals surface area contributed by atoms with Gasteiger partial charge in [0.05, 0.1) is 11.8 Å². The van der Waals surface area contributed by atoms with Gasteiger partial charge in [0.15, 0.2) is 0 Å². The molecule has 1 unspecified atom stereocenters. The van der Waals surface area contributed by atoms with E-state index < -0.39 is 18.2 Å². The number of rotatable bonds is 3. The second-order valence-corrected chi connectivity index (χ2v) is 4.56. The van der Waals surface area contributed by atoms with Crippen LogP contribution in [0.5, 0.6) is 0 Å². The molecule has 0 amide bonds. The van der Waals surface area contributed by atoms with Gasteiger partial charge in [-0.1, -0.05) is 0 Å². The molecule has 0 aliphatic rings. The molecule has 0 fully saturated rings. The van der Waals surface area contributed by atoms with Gasteiger partial charge in [-0.05, 0) is 13.0 Å². The maximum atomic E-state index is 12.9. The number of carbonyl (C=O) groups excluding carboxylic acids is 1. The van der Waals surface area contributed by atoms with Gasteiger partial charge in [0.2, 0.25) is 6.10 Å². The van der Waals surface area contributed by atoms with E-state index >= 15 is 0 Å². The van der Waals surface area contributed by atoms with Crippen molar-refractivity contribution in [3.63, 3.8) is 0 Å². The number of furan rings is 1. The first-order chi connectivity index (χ1) is 8.88. The van der Waals surface area contributed by atoms with Crippen molar-refractivity contribution >= 4 is 17.3 Å². The van der Waals surface area contributed by atoms with Gasteiger partial charge in [-0.3, -0.25) is 0 Å². The summed E-state index contributed by atoms with van der Waals surface area (Å²) in [7, 11) is 0. The first kappa shape index (κ1) is 13.6. The fraction of sp³-hybridized carbons (Fsp3) is 0.273. The molecule has 8 heteroatoms. The summed E-state index contributed by atoms with van der Waals surface area (Å²) >= 11 is 0.792. The Bertz CT molecular complexity index is 562. The zero-order chi connectivity index (χ0) is 14.0. The summed E-state index contributed by atoms with van der Waals surface area (Å²) in [5.74, 6) is -1.11. The Hall–Kier alpha value is -1.83. The first-order valence-electron chi connectivity index (χ1n) is 5.10. The predicted molar refractivity (Wildman–Crippen MR) is 59.8 cm³/mol. The summed E-state index contributed by atoms with van der Waals surface area (Å²) in [6.07, 6.45) is -4.90. The Balaban J connectivity index is 2.23. The quantitative estimate of drug-likeness (QED) is 0.812. The van der Waals surface area contributed by atoms with Crippen LogP contribution in [0.15, 0.2) is 28.4 Å². The van der Waals surface area contributed by atoms with Crippen LogP contribution < -0.4 is 0 Å². The number of aryl methyl sites for hydroxylation is 1. The lowest BCUT2D eigenvalue weighted by Gasteiger charge is -2.18. The minimum Gasteiger partial charge on any atom is -0.472 e. The molecule has 0 aliphatic carbocycles. The van der Waals surface area contributed by atoms with Crippen molar-refractivity contribution in [2.24, 2.45) is 0 Å². The first-order valence-corrected chi connectivity index (χ1v) is 5.98. The van der Waals surface area contributed by atoms with Gasteiger partial charge in [0.25, 0.3) is 0 Å². The number of thiazole rings is 1. The van der Waals surface area contributed by atoms with E-state index in [0.29, 0.717) is 5.69 Å². The van der Waals surface area contributed by atoms with Crippen molar-refractivity contribution in [1.82, 2.24) is 4.98 Å². The minimum absolute atomic E-state index is 0.0810. The van der Waals surface area contributed by atoms with E-state index in [-0.39, 0.29) is 10.6 Å². The number of carbonyl (C=O) groups is 1. The molecule has 0 aliphatic heterocycles. The standard InChI is InChI=1S/C11H8F3NO3S/c1-6-5-19-9(15-6)8(11(12,13)14)18-10(16)7-2-3-17-4-7/h2-5,8H,1H3. The maximum Gasteiger partial charge on any atom is 0.432 e. The number of hydrogen-bond donors (Lipinski definition) is 0. The molecular weight excluding hydrogens is 283 g/mol. The molecule has 102 valence electrons. The molecule has 0 saturated carbocycles. The summed E-state index contributed by atoms with van der Waals surface area (Å²) in [4.78, 5) is 15.2. The van der Waals surface area contributed by atoms with Gasteiger partial charge in [-0.25, -0.2) is 9.78 Å². The smallest absolute Gasteiger partial charge is 0.432 e. The maximum absolute atomic E-state index is 12.9. The average molecular weight is 291 g/mol. The molecule has 2 aromatic heterocycles. The number of ether oxygens (including phenoxy) is 1. The highest BCUT2D eigenvalue weighted by molar-refractivity contribution is 7.09. The van der Waals surface area contributed by atoms with E-state index in [1.807, 2.05) is 0 Å². The monoisotopic (exact) mass is 291 g/mol. The summed E-state index contributed by atoms with van der Waals surface area (Å²) < 4.78 is 47.7. The van der Waals surface area contributed by atoms with Crippen molar-refractivity contribution in [2.75, 3.05) is 0 Å². The summed E-state index contributed by atoms with van der Waals surface area (Å²) in [6, 6.07) is 1.23. The molecule has 19 heavy (non-hydrogen) atoms. The Kier molecular flexibility index (Phi) is 3.61. The largest absolute Gasteiger partial charge is 0.472 e. The molecule has 0 N–H and O–H groups in total. The van der Waals surface area contributed by atoms with Crippen molar-refractivity contribution < 1.29 is 27.1 Å². The third kappa shape index (κ3) is 3.14. The number of alkyl halides is 3. The number of aromatic nitrogens is 1. The van der Waals surface area contributed by atoms with Crippen LogP contribution in [0.2, 0.25) is 0 Å². The van der Waals surface area contributed by atoms with Crippen LogP contribution in [0.3, 0.4) is 0 Å². The summed E-state index contributed by atoms with van der Waals surface area (Å²) in [5.41, 5.74) is 0.358. The van der Waals surface area contributed by atoms with Crippen molar-refractivity contribution in [3.8, 4) is 0 Å². The second kappa shape index (κ2) is 5.04. The fourth-order valence-corrected chi connectivity index (χ4v) is 2.15. The molecule has 2 heterocycles. The Morgan fingerprint density at radius 3 is 2.74 bits per heavy atom. The molecule has 0 aromatic carbocycles. The van der Waals surface area contributed by atoms with Crippen LogP contribution in [0.4, 0.5) is 13.2 Å². The highest BCUT2D eigenvalue weighted by Gasteiger charge is 2.46. The van der Waals surface area contributed by atoms with Gasteiger partial charge in [-0.15, -0.1) is 11.3 Å². The van der Waals surface area contributed by atoms with Crippen LogP contribution in [0.1, 0.15) is 27.2 Å². The highest BCUT2D eigenvalue weighted by atomic mass is 32.1. The van der Waals surface area contributed by atoms with Gasteiger partial charge in [-0.2, -0.15) is 13.2 Å². The van der Waals surface area contributed by atoms with E-state index in [1.54, 1.807) is 6.92 Å². The average Bonchev–Trinajstić information content (AvgIpc) is 2.94. The number of nitrogens with zero attached hydrogens (tertiary/aromatic N) is 1. The van der Waals surface area contributed by atoms with Crippen LogP contribution in [0.25, 0.3) is 0 Å². The molecule has 4 nitrogen and oxygen atoms in total. The molecular formula is C11H8F3NO3S. The fourth-order valence-electron chi connectivity index (χ4n) is 1.31. The SMILES string of the molecule is Cc1csc(C(OC(=O)c2ccoc2)C(F)(F)F)n1. The topological polar surface area (TPSA) is 52.3 Å². The van der Waals surface area contributed by atoms with Crippen molar-refractivity contribution in [2.45, 2.75) is 19.2 Å². The molecule has 0 spiro atoms. The third-order valence-corrected chi connectivity index (χ3v) is 3.15. The molecule has 2 aromatic rings. The minimum atomic E-state index is -4.72. The number of hydrogen-bond acceptors (Lipinski definition) is 5. The van der Waals surface area contributed by atoms with Gasteiger partial charge < -0.3 is 9.15 Å². The van der Waals surface area contributed by atoms with Crippen LogP contribution in [-0.4, -0.2) is 17.1 Å². The van der Waals surface area contributed by atoms with Gasteiger partial charge in [0.1, 0.15) is 11.3 Å². The van der Waals surface area contributed by atoms with Crippen molar-refractivity contribution in [3.05, 3.63) is 40.2 Å². The van der Waals surface area contributed by atoms with E-state index in [4.69, 9.17) is 0 Å². The lowest BCUT2D eigenvalue weighted by atomic mass is 10.3. The molecule has 2 rings (SSSR count). The molecule has 0 bridgehead atoms. The van der Waals surface area contributed by atoms with Crippen LogP contribution in [-0.2, 0) is 4.74 Å². The number of halogens is 3. The molecule has 0 radical (unpaired) electrons. The zero-order valence-corrected chi connectivity index (χ0v) is 10.4. The second-order valence-electron chi connectivity index (χ2n) is 3.67. The number of esters is 1.